The molecule has 2 aliphatic carbocycles. The van der Waals surface area contributed by atoms with Gasteiger partial charge in [0, 0.05) is 34.4 Å². The monoisotopic (exact) mass is 472 g/mol. The Morgan fingerprint density at radius 2 is 1.88 bits per heavy atom. The molecule has 1 aromatic heterocycles. The quantitative estimate of drug-likeness (QED) is 0.465. The molecule has 3 aliphatic rings. The largest absolute Gasteiger partial charge is 0.479 e. The molecular weight excluding hydrogens is 444 g/mol. The van der Waals surface area contributed by atoms with Gasteiger partial charge in [-0.1, -0.05) is 62.2 Å². The summed E-state index contributed by atoms with van der Waals surface area (Å²) in [6.07, 6.45) is 6.02. The van der Waals surface area contributed by atoms with Crippen LogP contribution in [0.25, 0.3) is 16.5 Å². The van der Waals surface area contributed by atoms with E-state index in [4.69, 9.17) is 9.73 Å². The molecule has 2 bridgehead atoms. The number of nitrogens with zero attached hydrogens (tertiary/aromatic N) is 2. The van der Waals surface area contributed by atoms with Gasteiger partial charge in [-0.05, 0) is 36.3 Å². The summed E-state index contributed by atoms with van der Waals surface area (Å²) < 4.78 is 35.1. The van der Waals surface area contributed by atoms with Crippen LogP contribution in [0.2, 0.25) is 0 Å². The number of hydrogen-bond acceptors (Lipinski definition) is 4. The molecule has 6 rings (SSSR count). The van der Waals surface area contributed by atoms with Crippen molar-refractivity contribution in [2.45, 2.75) is 56.6 Å². The normalized spacial score (nSPS) is 26.8. The lowest BCUT2D eigenvalue weighted by molar-refractivity contribution is 0.0562. The molecule has 0 fully saturated rings. The summed E-state index contributed by atoms with van der Waals surface area (Å²) in [4.78, 5) is 5.07. The number of benzene rings is 2. The van der Waals surface area contributed by atoms with E-state index in [9.17, 15) is 8.42 Å². The molecule has 0 unspecified atom stereocenters. The van der Waals surface area contributed by atoms with Gasteiger partial charge in [-0.25, -0.2) is 17.4 Å². The minimum absolute atomic E-state index is 0.0512. The summed E-state index contributed by atoms with van der Waals surface area (Å²) in [6.45, 7) is 12.7. The molecule has 0 spiro atoms. The van der Waals surface area contributed by atoms with Gasteiger partial charge in [-0.2, -0.15) is 0 Å². The standard InChI is InChI=1S/C28H28N2O3S/c1-6-28(5)23-14-21-25(26(28)29-16-33-23)19-15-30(34(31,32)18-12-10-17(2)11-13-18)22-9-7-8-20(24(19)22)27(21,3)4/h6-13,15-16,23,26H,1,14H2,2-5H3/t23-,26+,28-/m0/s1. The molecule has 1 aliphatic heterocycles. The second-order valence-corrected chi connectivity index (χ2v) is 12.2. The van der Waals surface area contributed by atoms with Crippen LogP contribution in [0, 0.1) is 12.3 Å². The van der Waals surface area contributed by atoms with Crippen molar-refractivity contribution in [1.82, 2.24) is 3.97 Å². The molecule has 3 atom stereocenters. The van der Waals surface area contributed by atoms with E-state index in [1.54, 1.807) is 18.5 Å². The smallest absolute Gasteiger partial charge is 0.268 e. The summed E-state index contributed by atoms with van der Waals surface area (Å²) in [5.74, 6) is 0. The van der Waals surface area contributed by atoms with Crippen molar-refractivity contribution < 1.29 is 13.2 Å². The van der Waals surface area contributed by atoms with E-state index < -0.39 is 10.0 Å². The van der Waals surface area contributed by atoms with Gasteiger partial charge in [0.25, 0.3) is 10.0 Å². The van der Waals surface area contributed by atoms with Crippen LogP contribution in [-0.2, 0) is 20.2 Å². The van der Waals surface area contributed by atoms with Gasteiger partial charge in [-0.15, -0.1) is 6.58 Å². The van der Waals surface area contributed by atoms with Crippen molar-refractivity contribution in [1.29, 1.82) is 0 Å². The first-order valence-corrected chi connectivity index (χ1v) is 13.1. The average molecular weight is 473 g/mol. The first-order valence-electron chi connectivity index (χ1n) is 11.6. The maximum Gasteiger partial charge on any atom is 0.268 e. The van der Waals surface area contributed by atoms with Crippen LogP contribution in [0.4, 0.5) is 0 Å². The minimum Gasteiger partial charge on any atom is -0.479 e. The topological polar surface area (TPSA) is 60.7 Å². The van der Waals surface area contributed by atoms with Gasteiger partial charge in [-0.3, -0.25) is 0 Å². The zero-order valence-corrected chi connectivity index (χ0v) is 20.7. The van der Waals surface area contributed by atoms with Crippen LogP contribution in [0.1, 0.15) is 43.9 Å². The van der Waals surface area contributed by atoms with Crippen LogP contribution in [0.3, 0.4) is 0 Å². The highest BCUT2D eigenvalue weighted by Crippen LogP contribution is 2.58. The van der Waals surface area contributed by atoms with Gasteiger partial charge < -0.3 is 4.74 Å². The van der Waals surface area contributed by atoms with E-state index in [1.807, 2.05) is 43.5 Å². The molecule has 2 heterocycles. The van der Waals surface area contributed by atoms with Crippen molar-refractivity contribution in [2.75, 3.05) is 0 Å². The third-order valence-corrected chi connectivity index (χ3v) is 9.93. The first kappa shape index (κ1) is 21.4. The van der Waals surface area contributed by atoms with E-state index >= 15 is 0 Å². The Morgan fingerprint density at radius 3 is 2.59 bits per heavy atom. The second kappa shape index (κ2) is 6.72. The van der Waals surface area contributed by atoms with Gasteiger partial charge in [0.1, 0.15) is 6.10 Å². The maximum absolute atomic E-state index is 13.8. The van der Waals surface area contributed by atoms with Crippen LogP contribution in [-0.4, -0.2) is 30.9 Å². The van der Waals surface area contributed by atoms with E-state index in [-0.39, 0.29) is 27.9 Å². The van der Waals surface area contributed by atoms with E-state index in [1.165, 1.54) is 9.55 Å². The van der Waals surface area contributed by atoms with Gasteiger partial charge >= 0.3 is 0 Å². The molecule has 6 heteroatoms. The molecule has 2 aromatic carbocycles. The Labute approximate surface area is 200 Å². The Bertz CT molecular complexity index is 1540. The Balaban J connectivity index is 1.68. The Hall–Kier alpha value is -3.12. The second-order valence-electron chi connectivity index (χ2n) is 10.4. The molecular formula is C28H28N2O3S. The van der Waals surface area contributed by atoms with Crippen molar-refractivity contribution >= 4 is 32.9 Å². The molecule has 0 saturated carbocycles. The molecule has 34 heavy (non-hydrogen) atoms. The van der Waals surface area contributed by atoms with Crippen LogP contribution < -0.4 is 0 Å². The van der Waals surface area contributed by atoms with Gasteiger partial charge in [0.2, 0.25) is 0 Å². The highest BCUT2D eigenvalue weighted by molar-refractivity contribution is 7.90. The highest BCUT2D eigenvalue weighted by Gasteiger charge is 2.53. The maximum atomic E-state index is 13.8. The summed E-state index contributed by atoms with van der Waals surface area (Å²) >= 11 is 0. The number of aryl methyl sites for hydroxylation is 1. The summed E-state index contributed by atoms with van der Waals surface area (Å²) in [5, 5.41) is 0.994. The number of rotatable bonds is 3. The summed E-state index contributed by atoms with van der Waals surface area (Å²) in [7, 11) is -3.78. The highest BCUT2D eigenvalue weighted by atomic mass is 32.2. The van der Waals surface area contributed by atoms with E-state index in [2.05, 4.69) is 33.4 Å². The lowest BCUT2D eigenvalue weighted by atomic mass is 9.57. The molecule has 0 saturated heterocycles. The fourth-order valence-electron chi connectivity index (χ4n) is 6.08. The zero-order valence-electron chi connectivity index (χ0n) is 19.9. The van der Waals surface area contributed by atoms with E-state index in [0.717, 1.165) is 34.1 Å². The van der Waals surface area contributed by atoms with Crippen LogP contribution >= 0.6 is 0 Å². The van der Waals surface area contributed by atoms with Crippen molar-refractivity contribution in [2.24, 2.45) is 10.4 Å². The predicted octanol–water partition coefficient (Wildman–Crippen LogP) is 5.62. The summed E-state index contributed by atoms with van der Waals surface area (Å²) in [6, 6.07) is 12.8. The molecule has 0 N–H and O–H groups in total. The third-order valence-electron chi connectivity index (χ3n) is 8.24. The number of fused-ring (bicyclic) bond motifs is 4. The number of aromatic nitrogens is 1. The fraction of sp³-hybridized carbons (Fsp3) is 0.321. The minimum atomic E-state index is -3.78. The fourth-order valence-corrected chi connectivity index (χ4v) is 7.44. The lowest BCUT2D eigenvalue weighted by Gasteiger charge is -2.51. The number of hydrogen-bond donors (Lipinski definition) is 0. The molecule has 0 amide bonds. The Kier molecular flexibility index (Phi) is 4.24. The van der Waals surface area contributed by atoms with E-state index in [0.29, 0.717) is 5.52 Å². The van der Waals surface area contributed by atoms with Gasteiger partial charge in [0.05, 0.1) is 16.5 Å². The van der Waals surface area contributed by atoms with Crippen molar-refractivity contribution in [3.63, 3.8) is 0 Å². The van der Waals surface area contributed by atoms with Crippen molar-refractivity contribution in [3.8, 4) is 0 Å². The summed E-state index contributed by atoms with van der Waals surface area (Å²) in [5.41, 5.74) is 5.54. The third kappa shape index (κ3) is 2.55. The Morgan fingerprint density at radius 1 is 1.15 bits per heavy atom. The number of aliphatic imine (C=N–C) groups is 1. The molecule has 174 valence electrons. The average Bonchev–Trinajstić information content (AvgIpc) is 3.19. The van der Waals surface area contributed by atoms with Crippen LogP contribution in [0.15, 0.2) is 76.8 Å². The van der Waals surface area contributed by atoms with Gasteiger partial charge in [0.15, 0.2) is 6.40 Å². The SMILES string of the molecule is C=C[C@@]1(C)[C@@H]2CC3=C(c4cn(S(=O)(=O)c5ccc(C)cc5)c5cccc(c45)C3(C)C)[C@H]1N=CO2. The molecule has 5 nitrogen and oxygen atoms in total. The zero-order chi connectivity index (χ0) is 24.0. The lowest BCUT2D eigenvalue weighted by Crippen LogP contribution is -2.51. The first-order chi connectivity index (χ1) is 16.1. The molecule has 0 radical (unpaired) electrons. The van der Waals surface area contributed by atoms with Crippen molar-refractivity contribution in [3.05, 3.63) is 83.6 Å². The number of ether oxygens (including phenoxy) is 1. The molecule has 3 aromatic rings. The predicted molar refractivity (Wildman–Crippen MR) is 136 cm³/mol. The van der Waals surface area contributed by atoms with Crippen LogP contribution in [0.5, 0.6) is 0 Å².